The number of carbonyl (C=O) groups excluding carboxylic acids is 1. The predicted molar refractivity (Wildman–Crippen MR) is 83.2 cm³/mol. The van der Waals surface area contributed by atoms with Crippen LogP contribution in [0.4, 0.5) is 11.4 Å². The van der Waals surface area contributed by atoms with Gasteiger partial charge in [-0.15, -0.1) is 0 Å². The second kappa shape index (κ2) is 6.91. The Hall–Kier alpha value is -2.60. The summed E-state index contributed by atoms with van der Waals surface area (Å²) in [7, 11) is 0. The van der Waals surface area contributed by atoms with Gasteiger partial charge in [0.05, 0.1) is 11.0 Å². The zero-order valence-electron chi connectivity index (χ0n) is 11.7. The minimum absolute atomic E-state index is 0.136. The van der Waals surface area contributed by atoms with Crippen molar-refractivity contribution in [2.75, 3.05) is 5.32 Å². The highest BCUT2D eigenvalue weighted by Gasteiger charge is 2.16. The van der Waals surface area contributed by atoms with Gasteiger partial charge in [-0.1, -0.05) is 23.7 Å². The highest BCUT2D eigenvalue weighted by atomic mass is 35.5. The lowest BCUT2D eigenvalue weighted by atomic mass is 10.2. The number of halogens is 1. The van der Waals surface area contributed by atoms with Crippen molar-refractivity contribution >= 4 is 28.9 Å². The van der Waals surface area contributed by atoms with Gasteiger partial charge in [0, 0.05) is 11.9 Å². The molecule has 0 unspecified atom stereocenters. The minimum atomic E-state index is -0.569. The van der Waals surface area contributed by atoms with E-state index >= 15 is 0 Å². The lowest BCUT2D eigenvalue weighted by Gasteiger charge is -2.08. The molecule has 2 aromatic carbocycles. The molecule has 0 aliphatic heterocycles. The Morgan fingerprint density at radius 2 is 1.95 bits per heavy atom. The molecule has 0 heterocycles. The first-order valence-electron chi connectivity index (χ1n) is 6.39. The third-order valence-electron chi connectivity index (χ3n) is 2.80. The lowest BCUT2D eigenvalue weighted by Crippen LogP contribution is -2.08. The fourth-order valence-electron chi connectivity index (χ4n) is 1.79. The molecule has 0 aromatic heterocycles. The summed E-state index contributed by atoms with van der Waals surface area (Å²) in [6.45, 7) is 1.54. The van der Waals surface area contributed by atoms with Crippen LogP contribution in [0.3, 0.4) is 0 Å². The van der Waals surface area contributed by atoms with Crippen molar-refractivity contribution in [2.45, 2.75) is 13.5 Å². The SMILES string of the molecule is CC(=O)Nc1ccc(OCc2ccc(Cl)cc2)cc1[N+](=O)[O-]. The molecule has 2 rings (SSSR count). The molecule has 7 heteroatoms. The molecule has 22 heavy (non-hydrogen) atoms. The molecular formula is C15H13ClN2O4. The topological polar surface area (TPSA) is 81.5 Å². The number of nitro benzene ring substituents is 1. The molecule has 0 atom stereocenters. The van der Waals surface area contributed by atoms with Crippen LogP contribution in [-0.4, -0.2) is 10.8 Å². The van der Waals surface area contributed by atoms with Crippen LogP contribution in [0.1, 0.15) is 12.5 Å². The van der Waals surface area contributed by atoms with Gasteiger partial charge in [-0.25, -0.2) is 0 Å². The number of carbonyl (C=O) groups is 1. The Morgan fingerprint density at radius 1 is 1.27 bits per heavy atom. The van der Waals surface area contributed by atoms with Crippen molar-refractivity contribution in [1.82, 2.24) is 0 Å². The van der Waals surface area contributed by atoms with Crippen molar-refractivity contribution in [3.05, 3.63) is 63.2 Å². The quantitative estimate of drug-likeness (QED) is 0.671. The van der Waals surface area contributed by atoms with Crippen molar-refractivity contribution < 1.29 is 14.5 Å². The largest absolute Gasteiger partial charge is 0.489 e. The minimum Gasteiger partial charge on any atom is -0.489 e. The second-order valence-electron chi connectivity index (χ2n) is 4.53. The Labute approximate surface area is 131 Å². The number of rotatable bonds is 5. The van der Waals surface area contributed by atoms with E-state index in [1.807, 2.05) is 12.1 Å². The van der Waals surface area contributed by atoms with E-state index in [1.54, 1.807) is 18.2 Å². The molecule has 114 valence electrons. The Bertz CT molecular complexity index is 701. The third kappa shape index (κ3) is 4.20. The van der Waals surface area contributed by atoms with Crippen LogP contribution in [0.2, 0.25) is 5.02 Å². The maximum absolute atomic E-state index is 11.1. The monoisotopic (exact) mass is 320 g/mol. The molecule has 0 bridgehead atoms. The summed E-state index contributed by atoms with van der Waals surface area (Å²) in [5.74, 6) is -0.0336. The van der Waals surface area contributed by atoms with Crippen LogP contribution in [0.25, 0.3) is 0 Å². The van der Waals surface area contributed by atoms with Crippen LogP contribution >= 0.6 is 11.6 Å². The fourth-order valence-corrected chi connectivity index (χ4v) is 1.92. The number of nitrogens with zero attached hydrogens (tertiary/aromatic N) is 1. The zero-order chi connectivity index (χ0) is 16.1. The molecule has 0 saturated heterocycles. The van der Waals surface area contributed by atoms with Gasteiger partial charge in [-0.2, -0.15) is 0 Å². The summed E-state index contributed by atoms with van der Waals surface area (Å²) in [6, 6.07) is 11.4. The second-order valence-corrected chi connectivity index (χ2v) is 4.97. The van der Waals surface area contributed by atoms with E-state index in [0.717, 1.165) is 5.56 Å². The van der Waals surface area contributed by atoms with E-state index in [0.29, 0.717) is 10.8 Å². The van der Waals surface area contributed by atoms with E-state index in [2.05, 4.69) is 5.32 Å². The average molecular weight is 321 g/mol. The lowest BCUT2D eigenvalue weighted by molar-refractivity contribution is -0.384. The number of amides is 1. The number of nitrogens with one attached hydrogen (secondary N) is 1. The van der Waals surface area contributed by atoms with Gasteiger partial charge in [0.2, 0.25) is 5.91 Å². The normalized spacial score (nSPS) is 10.1. The Morgan fingerprint density at radius 3 is 2.55 bits per heavy atom. The van der Waals surface area contributed by atoms with Crippen molar-refractivity contribution in [2.24, 2.45) is 0 Å². The molecular weight excluding hydrogens is 308 g/mol. The summed E-state index contributed by atoms with van der Waals surface area (Å²) in [6.07, 6.45) is 0. The summed E-state index contributed by atoms with van der Waals surface area (Å²) in [4.78, 5) is 21.5. The van der Waals surface area contributed by atoms with Crippen molar-refractivity contribution in [3.63, 3.8) is 0 Å². The molecule has 0 aliphatic carbocycles. The van der Waals surface area contributed by atoms with Gasteiger partial charge >= 0.3 is 0 Å². The average Bonchev–Trinajstić information content (AvgIpc) is 2.47. The molecule has 0 radical (unpaired) electrons. The maximum atomic E-state index is 11.1. The van der Waals surface area contributed by atoms with Crippen molar-refractivity contribution in [1.29, 1.82) is 0 Å². The van der Waals surface area contributed by atoms with E-state index in [1.165, 1.54) is 19.1 Å². The van der Waals surface area contributed by atoms with E-state index < -0.39 is 4.92 Å². The van der Waals surface area contributed by atoms with Gasteiger partial charge in [0.15, 0.2) is 0 Å². The Balaban J connectivity index is 2.14. The van der Waals surface area contributed by atoms with E-state index in [4.69, 9.17) is 16.3 Å². The van der Waals surface area contributed by atoms with Gasteiger partial charge < -0.3 is 10.1 Å². The first kappa shape index (κ1) is 15.8. The summed E-state index contributed by atoms with van der Waals surface area (Å²) in [5, 5.41) is 14.1. The molecule has 6 nitrogen and oxygen atoms in total. The fraction of sp³-hybridized carbons (Fsp3) is 0.133. The third-order valence-corrected chi connectivity index (χ3v) is 3.05. The summed E-state index contributed by atoms with van der Waals surface area (Å²) in [5.41, 5.74) is 0.804. The van der Waals surface area contributed by atoms with Crippen LogP contribution < -0.4 is 10.1 Å². The zero-order valence-corrected chi connectivity index (χ0v) is 12.5. The van der Waals surface area contributed by atoms with Gasteiger partial charge in [0.1, 0.15) is 18.0 Å². The van der Waals surface area contributed by atoms with Crippen LogP contribution in [-0.2, 0) is 11.4 Å². The number of hydrogen-bond acceptors (Lipinski definition) is 4. The van der Waals surface area contributed by atoms with Gasteiger partial charge in [-0.05, 0) is 29.8 Å². The highest BCUT2D eigenvalue weighted by Crippen LogP contribution is 2.29. The maximum Gasteiger partial charge on any atom is 0.296 e. The van der Waals surface area contributed by atoms with Crippen molar-refractivity contribution in [3.8, 4) is 5.75 Å². The number of nitro groups is 1. The molecule has 0 saturated carbocycles. The number of anilines is 1. The molecule has 0 fully saturated rings. The van der Waals surface area contributed by atoms with Crippen LogP contribution in [0, 0.1) is 10.1 Å². The van der Waals surface area contributed by atoms with E-state index in [9.17, 15) is 14.9 Å². The van der Waals surface area contributed by atoms with Crippen LogP contribution in [0.15, 0.2) is 42.5 Å². The molecule has 0 aliphatic rings. The first-order valence-corrected chi connectivity index (χ1v) is 6.77. The standard InChI is InChI=1S/C15H13ClN2O4/c1-10(19)17-14-7-6-13(8-15(14)18(20)21)22-9-11-2-4-12(16)5-3-11/h2-8H,9H2,1H3,(H,17,19). The van der Waals surface area contributed by atoms with Gasteiger partial charge in [-0.3, -0.25) is 14.9 Å². The predicted octanol–water partition coefficient (Wildman–Crippen LogP) is 3.79. The number of benzene rings is 2. The van der Waals surface area contributed by atoms with E-state index in [-0.39, 0.29) is 23.9 Å². The molecule has 2 aromatic rings. The van der Waals surface area contributed by atoms with Crippen LogP contribution in [0.5, 0.6) is 5.75 Å². The number of hydrogen-bond donors (Lipinski definition) is 1. The highest BCUT2D eigenvalue weighted by molar-refractivity contribution is 6.30. The summed E-state index contributed by atoms with van der Waals surface area (Å²) < 4.78 is 5.52. The molecule has 1 amide bonds. The number of ether oxygens (including phenoxy) is 1. The van der Waals surface area contributed by atoms with Gasteiger partial charge in [0.25, 0.3) is 5.69 Å². The first-order chi connectivity index (χ1) is 10.5. The molecule has 0 spiro atoms. The molecule has 1 N–H and O–H groups in total. The smallest absolute Gasteiger partial charge is 0.296 e. The Kier molecular flexibility index (Phi) is 4.95. The summed E-state index contributed by atoms with van der Waals surface area (Å²) >= 11 is 5.79.